The van der Waals surface area contributed by atoms with E-state index in [0.29, 0.717) is 5.84 Å². The van der Waals surface area contributed by atoms with Crippen molar-refractivity contribution < 1.29 is 0 Å². The molecule has 0 spiro atoms. The van der Waals surface area contributed by atoms with Gasteiger partial charge in [-0.25, -0.2) is 9.97 Å². The molecule has 5 nitrogen and oxygen atoms in total. The molecule has 0 aromatic carbocycles. The predicted octanol–water partition coefficient (Wildman–Crippen LogP) is 3.91. The van der Waals surface area contributed by atoms with Crippen LogP contribution in [-0.4, -0.2) is 21.5 Å². The molecule has 0 aliphatic rings. The molecule has 1 rings (SSSR count). The van der Waals surface area contributed by atoms with Crippen molar-refractivity contribution in [3.8, 4) is 0 Å². The Morgan fingerprint density at radius 2 is 1.50 bits per heavy atom. The van der Waals surface area contributed by atoms with Crippen molar-refractivity contribution in [1.82, 2.24) is 9.97 Å². The third kappa shape index (κ3) is 21.5. The molecule has 0 fully saturated rings. The molecule has 0 unspecified atom stereocenters. The average Bonchev–Trinajstić information content (AvgIpc) is 2.41. The number of amidine groups is 1. The molecule has 0 amide bonds. The first kappa shape index (κ1) is 23.3. The van der Waals surface area contributed by atoms with Crippen LogP contribution in [0.25, 0.3) is 0 Å². The van der Waals surface area contributed by atoms with E-state index in [-0.39, 0.29) is 0 Å². The first-order valence-electron chi connectivity index (χ1n) is 6.99. The van der Waals surface area contributed by atoms with Crippen LogP contribution in [0.4, 0.5) is 0 Å². The zero-order valence-electron chi connectivity index (χ0n) is 14.5. The van der Waals surface area contributed by atoms with Crippen molar-refractivity contribution in [2.75, 3.05) is 0 Å². The molecule has 116 valence electrons. The Hall–Kier alpha value is -1.78. The molecule has 0 atom stereocenters. The van der Waals surface area contributed by atoms with Gasteiger partial charge in [0.25, 0.3) is 0 Å². The zero-order chi connectivity index (χ0) is 16.6. The summed E-state index contributed by atoms with van der Waals surface area (Å²) in [5, 5.41) is 7.31. The Morgan fingerprint density at radius 3 is 1.70 bits per heavy atom. The number of hydrogen-bond acceptors (Lipinski definition) is 4. The molecule has 0 aliphatic heterocycles. The highest BCUT2D eigenvalue weighted by atomic mass is 15.2. The minimum Gasteiger partial charge on any atom is -0.386 e. The van der Waals surface area contributed by atoms with Gasteiger partial charge < -0.3 is 5.73 Å². The summed E-state index contributed by atoms with van der Waals surface area (Å²) in [6.45, 7) is 17.3. The second-order valence-corrected chi connectivity index (χ2v) is 3.53. The molecule has 0 radical (unpaired) electrons. The van der Waals surface area contributed by atoms with Crippen molar-refractivity contribution in [3.05, 3.63) is 23.8 Å². The van der Waals surface area contributed by atoms with Crippen molar-refractivity contribution >= 4 is 11.5 Å². The second kappa shape index (κ2) is 17.2. The van der Waals surface area contributed by atoms with E-state index in [1.807, 2.05) is 61.5 Å². The van der Waals surface area contributed by atoms with Gasteiger partial charge in [0.2, 0.25) is 0 Å². The van der Waals surface area contributed by atoms with E-state index in [1.54, 1.807) is 13.1 Å². The molecule has 0 saturated carbocycles. The largest absolute Gasteiger partial charge is 0.386 e. The van der Waals surface area contributed by atoms with Crippen molar-refractivity contribution in [2.45, 2.75) is 62.3 Å². The summed E-state index contributed by atoms with van der Waals surface area (Å²) in [5.74, 6) is 1.33. The van der Waals surface area contributed by atoms with Crippen LogP contribution in [0.5, 0.6) is 0 Å². The molecule has 0 bridgehead atoms. The number of rotatable bonds is 1. The Morgan fingerprint density at radius 1 is 1.00 bits per heavy atom. The fraction of sp³-hybridized carbons (Fsp3) is 0.600. The number of aryl methyl sites for hydroxylation is 2. The van der Waals surface area contributed by atoms with Crippen LogP contribution >= 0.6 is 0 Å². The van der Waals surface area contributed by atoms with Crippen LogP contribution in [0.1, 0.15) is 60.0 Å². The lowest BCUT2D eigenvalue weighted by Crippen LogP contribution is -2.03. The van der Waals surface area contributed by atoms with Gasteiger partial charge in [0.1, 0.15) is 11.7 Å². The molecule has 1 aromatic rings. The van der Waals surface area contributed by atoms with Gasteiger partial charge in [-0.3, -0.25) is 0 Å². The summed E-state index contributed by atoms with van der Waals surface area (Å²) in [5.41, 5.74) is 7.12. The number of nitrogens with two attached hydrogens (primary N) is 1. The quantitative estimate of drug-likeness (QED) is 0.481. The summed E-state index contributed by atoms with van der Waals surface area (Å²) >= 11 is 0. The van der Waals surface area contributed by atoms with Gasteiger partial charge in [-0.15, -0.1) is 5.10 Å². The van der Waals surface area contributed by atoms with E-state index >= 15 is 0 Å². The van der Waals surface area contributed by atoms with Gasteiger partial charge in [-0.2, -0.15) is 5.10 Å². The monoisotopic (exact) mass is 281 g/mol. The maximum Gasteiger partial charge on any atom is 0.125 e. The topological polar surface area (TPSA) is 76.5 Å². The van der Waals surface area contributed by atoms with E-state index in [0.717, 1.165) is 17.2 Å². The molecule has 2 N–H and O–H groups in total. The zero-order valence-corrected chi connectivity index (χ0v) is 14.5. The number of nitrogens with zero attached hydrogens (tertiary/aromatic N) is 4. The van der Waals surface area contributed by atoms with Crippen LogP contribution in [0, 0.1) is 13.8 Å². The summed E-state index contributed by atoms with van der Waals surface area (Å²) in [6.07, 6.45) is 1.76. The summed E-state index contributed by atoms with van der Waals surface area (Å²) in [7, 11) is 0. The molecular weight excluding hydrogens is 250 g/mol. The number of hydrogen-bond donors (Lipinski definition) is 1. The van der Waals surface area contributed by atoms with E-state index in [4.69, 9.17) is 5.73 Å². The predicted molar refractivity (Wildman–Crippen MR) is 90.3 cm³/mol. The first-order chi connectivity index (χ1) is 9.41. The lowest BCUT2D eigenvalue weighted by molar-refractivity contribution is 1.01. The molecule has 20 heavy (non-hydrogen) atoms. The molecule has 1 aromatic heterocycles. The van der Waals surface area contributed by atoms with Gasteiger partial charge in [0, 0.05) is 17.6 Å². The third-order valence-electron chi connectivity index (χ3n) is 1.32. The maximum atomic E-state index is 5.18. The Labute approximate surface area is 124 Å². The minimum absolute atomic E-state index is 0.492. The molecule has 5 heteroatoms. The first-order valence-corrected chi connectivity index (χ1v) is 6.99. The van der Waals surface area contributed by atoms with Crippen molar-refractivity contribution in [1.29, 1.82) is 0 Å². The smallest absolute Gasteiger partial charge is 0.125 e. The van der Waals surface area contributed by atoms with Gasteiger partial charge in [-0.05, 0) is 40.7 Å². The molecule has 1 heterocycles. The van der Waals surface area contributed by atoms with Crippen molar-refractivity contribution in [2.24, 2.45) is 15.9 Å². The lowest BCUT2D eigenvalue weighted by atomic mass is 10.4. The van der Waals surface area contributed by atoms with E-state index in [9.17, 15) is 0 Å². The minimum atomic E-state index is 0.492. The Bertz CT molecular complexity index is 342. The van der Waals surface area contributed by atoms with Crippen LogP contribution in [-0.2, 0) is 0 Å². The highest BCUT2D eigenvalue weighted by Crippen LogP contribution is 1.88. The maximum absolute atomic E-state index is 5.18. The van der Waals surface area contributed by atoms with Crippen LogP contribution in [0.2, 0.25) is 0 Å². The van der Waals surface area contributed by atoms with Crippen LogP contribution < -0.4 is 5.73 Å². The van der Waals surface area contributed by atoms with E-state index < -0.39 is 0 Å². The normalized spacial score (nSPS) is 8.75. The SMILES string of the molecule is CC.CC.CC(C)=N/N=C(\C)N.Cc1ccnc(C)n1. The van der Waals surface area contributed by atoms with Gasteiger partial charge in [0.15, 0.2) is 0 Å². The molecule has 0 saturated heterocycles. The van der Waals surface area contributed by atoms with Gasteiger partial charge in [0.05, 0.1) is 0 Å². The summed E-state index contributed by atoms with van der Waals surface area (Å²) in [4.78, 5) is 7.99. The van der Waals surface area contributed by atoms with Gasteiger partial charge >= 0.3 is 0 Å². The van der Waals surface area contributed by atoms with E-state index in [2.05, 4.69) is 20.2 Å². The van der Waals surface area contributed by atoms with E-state index in [1.165, 1.54) is 0 Å². The van der Waals surface area contributed by atoms with Crippen LogP contribution in [0.3, 0.4) is 0 Å². The van der Waals surface area contributed by atoms with Crippen molar-refractivity contribution in [3.63, 3.8) is 0 Å². The third-order valence-corrected chi connectivity index (χ3v) is 1.32. The Balaban J connectivity index is -0.000000231. The summed E-state index contributed by atoms with van der Waals surface area (Å²) < 4.78 is 0. The average molecular weight is 281 g/mol. The fourth-order valence-corrected chi connectivity index (χ4v) is 0.753. The standard InChI is InChI=1S/C6H8N2.C5H11N3.2C2H6/c1-5-3-4-7-6(2)8-5;1-4(2)7-8-5(3)6;2*1-2/h3-4H,1-2H3;1-3H3,(H2,6,8);2*1-2H3. The second-order valence-electron chi connectivity index (χ2n) is 3.53. The highest BCUT2D eigenvalue weighted by Gasteiger charge is 1.83. The molecule has 0 aliphatic carbocycles. The highest BCUT2D eigenvalue weighted by molar-refractivity contribution is 5.82. The van der Waals surface area contributed by atoms with Crippen LogP contribution in [0.15, 0.2) is 22.5 Å². The fourth-order valence-electron chi connectivity index (χ4n) is 0.753. The number of aromatic nitrogens is 2. The Kier molecular flexibility index (Phi) is 20.1. The lowest BCUT2D eigenvalue weighted by Gasteiger charge is -1.89. The van der Waals surface area contributed by atoms with Gasteiger partial charge in [-0.1, -0.05) is 27.7 Å². The molecular formula is C15H31N5. The summed E-state index contributed by atoms with van der Waals surface area (Å²) in [6, 6.07) is 1.88.